The fraction of sp³-hybridized carbons (Fsp3) is 0.413. The van der Waals surface area contributed by atoms with Gasteiger partial charge >= 0.3 is 0 Å². The summed E-state index contributed by atoms with van der Waals surface area (Å²) in [4.78, 5) is 26.0. The topological polar surface area (TPSA) is 133 Å². The quantitative estimate of drug-likeness (QED) is 0.112. The van der Waals surface area contributed by atoms with Gasteiger partial charge < -0.3 is 9.80 Å². The molecule has 3 aromatic carbocycles. The lowest BCUT2D eigenvalue weighted by Gasteiger charge is -2.29. The minimum atomic E-state index is -4.33. The number of benzene rings is 3. The first kappa shape index (κ1) is 41.7. The number of hydrogen-bond acceptors (Lipinski definition) is 8. The molecular weight excluding hydrogens is 765 g/mol. The minimum Gasteiger partial charge on any atom is -0.344 e. The number of hydrogen-bond donors (Lipinski definition) is 0. The van der Waals surface area contributed by atoms with Crippen molar-refractivity contribution < 1.29 is 22.8 Å². The molecule has 0 radical (unpaired) electrons. The molecule has 13 heteroatoms. The maximum Gasteiger partial charge on any atom is 0.296 e. The second-order valence-corrected chi connectivity index (χ2v) is 18.7. The van der Waals surface area contributed by atoms with Crippen molar-refractivity contribution in [2.45, 2.75) is 89.4 Å². The zero-order valence-electron chi connectivity index (χ0n) is 35.0. The first-order valence-corrected chi connectivity index (χ1v) is 22.2. The van der Waals surface area contributed by atoms with Gasteiger partial charge in [0.1, 0.15) is 0 Å². The van der Waals surface area contributed by atoms with Crippen LogP contribution in [-0.2, 0) is 20.9 Å². The number of piperazine rings is 1. The number of nitrogens with zero attached hydrogens (tertiary/aromatic N) is 6. The van der Waals surface area contributed by atoms with Crippen molar-refractivity contribution in [2.75, 3.05) is 49.1 Å². The average molecular weight is 820 g/mol. The number of rotatable bonds is 10. The highest BCUT2D eigenvalue weighted by molar-refractivity contribution is 7.89. The van der Waals surface area contributed by atoms with Crippen LogP contribution in [0.5, 0.6) is 0 Å². The van der Waals surface area contributed by atoms with E-state index >= 15 is 0 Å². The zero-order valence-corrected chi connectivity index (χ0v) is 35.8. The van der Waals surface area contributed by atoms with Crippen LogP contribution in [0, 0.1) is 20.2 Å². The van der Waals surface area contributed by atoms with Crippen molar-refractivity contribution in [1.82, 2.24) is 4.31 Å². The van der Waals surface area contributed by atoms with Gasteiger partial charge in [0.2, 0.25) is 15.7 Å². The molecule has 1 saturated heterocycles. The molecule has 7 rings (SSSR count). The predicted molar refractivity (Wildman–Crippen MR) is 234 cm³/mol. The molecule has 0 bridgehead atoms. The van der Waals surface area contributed by atoms with Crippen LogP contribution >= 0.6 is 0 Å². The molecule has 1 saturated carbocycles. The van der Waals surface area contributed by atoms with E-state index in [9.17, 15) is 28.6 Å². The molecule has 310 valence electrons. The zero-order chi connectivity index (χ0) is 42.3. The smallest absolute Gasteiger partial charge is 0.296 e. The van der Waals surface area contributed by atoms with E-state index in [1.807, 2.05) is 0 Å². The van der Waals surface area contributed by atoms with E-state index in [0.717, 1.165) is 69.1 Å². The lowest BCUT2D eigenvalue weighted by Crippen LogP contribution is -2.47. The van der Waals surface area contributed by atoms with Gasteiger partial charge in [0.05, 0.1) is 29.0 Å². The van der Waals surface area contributed by atoms with E-state index in [2.05, 4.69) is 129 Å². The fourth-order valence-corrected chi connectivity index (χ4v) is 11.0. The Balaban J connectivity index is 1.31. The van der Waals surface area contributed by atoms with Crippen LogP contribution in [0.2, 0.25) is 0 Å². The lowest BCUT2D eigenvalue weighted by molar-refractivity contribution is -0.536. The van der Waals surface area contributed by atoms with E-state index in [1.54, 1.807) is 0 Å². The van der Waals surface area contributed by atoms with Crippen molar-refractivity contribution in [3.05, 3.63) is 145 Å². The highest BCUT2D eigenvalue weighted by Crippen LogP contribution is 2.49. The highest BCUT2D eigenvalue weighted by Gasteiger charge is 2.42. The normalized spacial score (nSPS) is 21.8. The van der Waals surface area contributed by atoms with Gasteiger partial charge in [-0.2, -0.15) is 4.31 Å². The van der Waals surface area contributed by atoms with E-state index in [4.69, 9.17) is 0 Å². The van der Waals surface area contributed by atoms with Crippen LogP contribution < -0.4 is 9.80 Å². The standard InChI is InChI=1S/C46H55N6O6S/c1-7-26-49-38-18-11-9-16-36(38)45(3,4)42(49)24-20-33-14-13-15-34(21-25-43-46(5,6)37-17-10-12-19-39(37)50(43)27-8-2)44(33)47-28-30-48(31-29-47)59(57,58)41-23-22-35(51(53)54)32-40(41)52(55)56/h9-12,16-25,32H,7-8,13-15,26-31H2,1-6H3/q+1. The number of fused-ring (bicyclic) bond motifs is 2. The minimum absolute atomic E-state index is 0.0992. The maximum atomic E-state index is 14.0. The van der Waals surface area contributed by atoms with Crippen LogP contribution in [0.1, 0.15) is 84.8 Å². The van der Waals surface area contributed by atoms with Crippen LogP contribution in [-0.4, -0.2) is 72.1 Å². The van der Waals surface area contributed by atoms with Gasteiger partial charge in [-0.25, -0.2) is 13.0 Å². The molecule has 0 atom stereocenters. The molecule has 0 N–H and O–H groups in total. The third-order valence-electron chi connectivity index (χ3n) is 12.4. The Kier molecular flexibility index (Phi) is 11.6. The molecule has 1 aliphatic carbocycles. The van der Waals surface area contributed by atoms with Crippen LogP contribution in [0.25, 0.3) is 0 Å². The summed E-state index contributed by atoms with van der Waals surface area (Å²) in [7, 11) is -4.33. The molecule has 0 unspecified atom stereocenters. The third-order valence-corrected chi connectivity index (χ3v) is 14.3. The van der Waals surface area contributed by atoms with Gasteiger partial charge in [0.15, 0.2) is 18.0 Å². The molecule has 3 heterocycles. The summed E-state index contributed by atoms with van der Waals surface area (Å²) in [5.41, 5.74) is 9.33. The lowest BCUT2D eigenvalue weighted by atomic mass is 9.82. The van der Waals surface area contributed by atoms with E-state index in [-0.39, 0.29) is 23.9 Å². The summed E-state index contributed by atoms with van der Waals surface area (Å²) in [5.74, 6) is 0. The van der Waals surface area contributed by atoms with Gasteiger partial charge in [-0.05, 0) is 73.6 Å². The Morgan fingerprint density at radius 3 is 1.66 bits per heavy atom. The number of sulfonamides is 1. The number of anilines is 2. The molecule has 3 aromatic rings. The molecule has 0 amide bonds. The van der Waals surface area contributed by atoms with Crippen molar-refractivity contribution >= 4 is 38.5 Å². The summed E-state index contributed by atoms with van der Waals surface area (Å²) in [6, 6.07) is 20.0. The predicted octanol–water partition coefficient (Wildman–Crippen LogP) is 9.18. The molecule has 0 aromatic heterocycles. The summed E-state index contributed by atoms with van der Waals surface area (Å²) < 4.78 is 31.5. The third kappa shape index (κ3) is 7.55. The number of nitro groups is 2. The average Bonchev–Trinajstić information content (AvgIpc) is 3.57. The van der Waals surface area contributed by atoms with E-state index < -0.39 is 36.1 Å². The van der Waals surface area contributed by atoms with Crippen molar-refractivity contribution in [3.63, 3.8) is 0 Å². The number of para-hydroxylation sites is 2. The van der Waals surface area contributed by atoms with Crippen LogP contribution in [0.15, 0.2) is 118 Å². The summed E-state index contributed by atoms with van der Waals surface area (Å²) in [6.45, 7) is 16.3. The number of nitro benzene ring substituents is 2. The van der Waals surface area contributed by atoms with E-state index in [1.165, 1.54) is 49.3 Å². The first-order valence-electron chi connectivity index (χ1n) is 20.7. The van der Waals surface area contributed by atoms with Gasteiger partial charge in [0, 0.05) is 63.9 Å². The highest BCUT2D eigenvalue weighted by atomic mass is 32.2. The van der Waals surface area contributed by atoms with Gasteiger partial charge in [0.25, 0.3) is 11.4 Å². The second kappa shape index (κ2) is 16.3. The Bertz CT molecular complexity index is 2350. The molecule has 59 heavy (non-hydrogen) atoms. The van der Waals surface area contributed by atoms with Gasteiger partial charge in [-0.1, -0.05) is 90.1 Å². The molecule has 12 nitrogen and oxygen atoms in total. The maximum absolute atomic E-state index is 14.0. The van der Waals surface area contributed by atoms with Crippen molar-refractivity contribution in [2.24, 2.45) is 0 Å². The second-order valence-electron chi connectivity index (χ2n) is 16.8. The molecule has 3 aliphatic heterocycles. The van der Waals surface area contributed by atoms with Crippen LogP contribution in [0.3, 0.4) is 0 Å². The van der Waals surface area contributed by atoms with Crippen molar-refractivity contribution in [3.8, 4) is 0 Å². The molecular formula is C46H55N6O6S+. The Hall–Kier alpha value is -5.40. The van der Waals surface area contributed by atoms with E-state index in [0.29, 0.717) is 13.1 Å². The number of non-ortho nitro benzene ring substituents is 1. The Morgan fingerprint density at radius 2 is 1.20 bits per heavy atom. The molecule has 2 fully saturated rings. The molecule has 0 spiro atoms. The van der Waals surface area contributed by atoms with Gasteiger partial charge in [-0.15, -0.1) is 0 Å². The summed E-state index contributed by atoms with van der Waals surface area (Å²) in [5, 5.41) is 23.3. The summed E-state index contributed by atoms with van der Waals surface area (Å²) >= 11 is 0. The monoisotopic (exact) mass is 819 g/mol. The van der Waals surface area contributed by atoms with Crippen molar-refractivity contribution in [1.29, 1.82) is 0 Å². The van der Waals surface area contributed by atoms with Gasteiger partial charge in [-0.3, -0.25) is 20.2 Å². The molecule has 4 aliphatic rings. The first-order chi connectivity index (χ1) is 28.1. The van der Waals surface area contributed by atoms with Crippen LogP contribution in [0.4, 0.5) is 22.7 Å². The number of allylic oxidation sites excluding steroid dienone is 8. The Morgan fingerprint density at radius 1 is 0.712 bits per heavy atom. The SMILES string of the molecule is CCCN1/C(=C\C=C2\CCC/C(=C\C=C3\N(CCC)c4ccccc4C3(C)C)C2=[N+]2CCN(S(=O)(=O)c3ccc([N+](=O)[O-])cc3[N+](=O)[O-])CC2)C(C)(C)c2ccccc21. The fourth-order valence-electron chi connectivity index (χ4n) is 9.48. The largest absolute Gasteiger partial charge is 0.344 e. The Labute approximate surface area is 347 Å². The summed E-state index contributed by atoms with van der Waals surface area (Å²) in [6.07, 6.45) is 13.8.